The van der Waals surface area contributed by atoms with Gasteiger partial charge in [0.25, 0.3) is 0 Å². The molecule has 0 spiro atoms. The molecule has 0 unspecified atom stereocenters. The van der Waals surface area contributed by atoms with Gasteiger partial charge < -0.3 is 9.88 Å². The molecule has 7 nitrogen and oxygen atoms in total. The van der Waals surface area contributed by atoms with Crippen LogP contribution in [0.4, 0.5) is 0 Å². The van der Waals surface area contributed by atoms with Crippen molar-refractivity contribution in [3.63, 3.8) is 0 Å². The Balaban J connectivity index is 1.31. The number of carbonyl (C=O) groups is 1. The molecule has 1 fully saturated rings. The van der Waals surface area contributed by atoms with E-state index in [1.165, 1.54) is 4.31 Å². The van der Waals surface area contributed by atoms with Gasteiger partial charge >= 0.3 is 0 Å². The smallest absolute Gasteiger partial charge is 0.223 e. The van der Waals surface area contributed by atoms with Crippen LogP contribution < -0.4 is 5.32 Å². The van der Waals surface area contributed by atoms with E-state index in [1.54, 1.807) is 12.5 Å². The molecule has 0 aliphatic carbocycles. The van der Waals surface area contributed by atoms with E-state index in [1.807, 2.05) is 65.4 Å². The zero-order valence-corrected chi connectivity index (χ0v) is 18.0. The van der Waals surface area contributed by atoms with Crippen molar-refractivity contribution in [1.82, 2.24) is 19.2 Å². The minimum Gasteiger partial charge on any atom is -0.352 e. The van der Waals surface area contributed by atoms with Crippen LogP contribution in [0.3, 0.4) is 0 Å². The van der Waals surface area contributed by atoms with E-state index in [4.69, 9.17) is 0 Å². The van der Waals surface area contributed by atoms with Crippen LogP contribution in [0.25, 0.3) is 5.69 Å². The van der Waals surface area contributed by atoms with E-state index in [2.05, 4.69) is 10.3 Å². The zero-order valence-electron chi connectivity index (χ0n) is 17.2. The molecule has 1 aliphatic heterocycles. The molecule has 1 amide bonds. The number of amides is 1. The first-order valence-electron chi connectivity index (χ1n) is 10.4. The molecule has 1 N–H and O–H groups in total. The van der Waals surface area contributed by atoms with Gasteiger partial charge in [0.05, 0.1) is 17.8 Å². The summed E-state index contributed by atoms with van der Waals surface area (Å²) in [7, 11) is -3.38. The summed E-state index contributed by atoms with van der Waals surface area (Å²) < 4.78 is 28.8. The first-order valence-corrected chi connectivity index (χ1v) is 12.0. The van der Waals surface area contributed by atoms with Gasteiger partial charge in [-0.3, -0.25) is 4.79 Å². The molecule has 1 aliphatic rings. The van der Waals surface area contributed by atoms with Gasteiger partial charge in [0.15, 0.2) is 0 Å². The third kappa shape index (κ3) is 5.21. The van der Waals surface area contributed by atoms with Crippen LogP contribution in [0.2, 0.25) is 0 Å². The number of nitrogens with zero attached hydrogens (tertiary/aromatic N) is 3. The molecule has 31 heavy (non-hydrogen) atoms. The van der Waals surface area contributed by atoms with Crippen molar-refractivity contribution in [3.05, 3.63) is 84.4 Å². The van der Waals surface area contributed by atoms with E-state index in [0.717, 1.165) is 16.8 Å². The Hall–Kier alpha value is -2.97. The van der Waals surface area contributed by atoms with Gasteiger partial charge in [-0.05, 0) is 30.0 Å². The van der Waals surface area contributed by atoms with Crippen LogP contribution >= 0.6 is 0 Å². The topological polar surface area (TPSA) is 84.3 Å². The number of aromatic nitrogens is 2. The molecule has 2 aromatic carbocycles. The second-order valence-electron chi connectivity index (χ2n) is 7.73. The van der Waals surface area contributed by atoms with Crippen molar-refractivity contribution in [2.75, 3.05) is 13.1 Å². The molecule has 0 atom stereocenters. The Labute approximate surface area is 182 Å². The lowest BCUT2D eigenvalue weighted by Gasteiger charge is -2.30. The van der Waals surface area contributed by atoms with Crippen molar-refractivity contribution in [2.45, 2.75) is 25.1 Å². The third-order valence-corrected chi connectivity index (χ3v) is 7.49. The molecular formula is C23H26N4O3S. The number of para-hydroxylation sites is 1. The number of rotatable bonds is 7. The van der Waals surface area contributed by atoms with Crippen molar-refractivity contribution in [2.24, 2.45) is 5.92 Å². The maximum atomic E-state index is 12.7. The van der Waals surface area contributed by atoms with Gasteiger partial charge in [0.1, 0.15) is 0 Å². The van der Waals surface area contributed by atoms with E-state index in [0.29, 0.717) is 32.5 Å². The molecule has 3 aromatic rings. The molecule has 0 saturated carbocycles. The molecule has 1 saturated heterocycles. The van der Waals surface area contributed by atoms with Crippen molar-refractivity contribution < 1.29 is 13.2 Å². The van der Waals surface area contributed by atoms with Gasteiger partial charge in [-0.2, -0.15) is 0 Å². The third-order valence-electron chi connectivity index (χ3n) is 5.64. The Morgan fingerprint density at radius 3 is 2.45 bits per heavy atom. The van der Waals surface area contributed by atoms with Crippen molar-refractivity contribution in [3.8, 4) is 5.69 Å². The lowest BCUT2D eigenvalue weighted by molar-refractivity contribution is -0.126. The Morgan fingerprint density at radius 2 is 1.74 bits per heavy atom. The Morgan fingerprint density at radius 1 is 1.03 bits per heavy atom. The molecule has 1 aromatic heterocycles. The molecule has 0 bridgehead atoms. The predicted octanol–water partition coefficient (Wildman–Crippen LogP) is 2.73. The van der Waals surface area contributed by atoms with Crippen molar-refractivity contribution in [1.29, 1.82) is 0 Å². The quantitative estimate of drug-likeness (QED) is 0.615. The monoisotopic (exact) mass is 438 g/mol. The average Bonchev–Trinajstić information content (AvgIpc) is 3.33. The fraction of sp³-hybridized carbons (Fsp3) is 0.304. The SMILES string of the molecule is O=C(NCc1ccccc1-n1ccnc1)C1CCN(S(=O)(=O)Cc2ccccc2)CC1. The lowest BCUT2D eigenvalue weighted by atomic mass is 9.97. The molecule has 4 rings (SSSR count). The number of nitrogens with one attached hydrogen (secondary N) is 1. The predicted molar refractivity (Wildman–Crippen MR) is 119 cm³/mol. The maximum absolute atomic E-state index is 12.7. The number of carbonyl (C=O) groups excluding carboxylic acids is 1. The molecule has 8 heteroatoms. The highest BCUT2D eigenvalue weighted by molar-refractivity contribution is 7.88. The maximum Gasteiger partial charge on any atom is 0.223 e. The summed E-state index contributed by atoms with van der Waals surface area (Å²) in [5.74, 6) is -0.209. The Bertz CT molecular complexity index is 1110. The van der Waals surface area contributed by atoms with Gasteiger partial charge in [-0.25, -0.2) is 17.7 Å². The lowest BCUT2D eigenvalue weighted by Crippen LogP contribution is -2.43. The summed E-state index contributed by atoms with van der Waals surface area (Å²) >= 11 is 0. The fourth-order valence-electron chi connectivity index (χ4n) is 3.91. The van der Waals surface area contributed by atoms with Gasteiger partial charge in [-0.1, -0.05) is 48.5 Å². The number of imidazole rings is 1. The first kappa shape index (κ1) is 21.3. The van der Waals surface area contributed by atoms with Crippen LogP contribution in [0.15, 0.2) is 73.3 Å². The van der Waals surface area contributed by atoms with Crippen molar-refractivity contribution >= 4 is 15.9 Å². The van der Waals surface area contributed by atoms with E-state index >= 15 is 0 Å². The minimum absolute atomic E-state index is 0.00423. The fourth-order valence-corrected chi connectivity index (χ4v) is 5.48. The summed E-state index contributed by atoms with van der Waals surface area (Å²) in [6.07, 6.45) is 6.37. The van der Waals surface area contributed by atoms with Crippen LogP contribution in [-0.4, -0.2) is 41.3 Å². The van der Waals surface area contributed by atoms with Crippen LogP contribution in [0, 0.1) is 5.92 Å². The summed E-state index contributed by atoms with van der Waals surface area (Å²) in [4.78, 5) is 16.8. The molecule has 0 radical (unpaired) electrons. The number of hydrogen-bond acceptors (Lipinski definition) is 4. The second-order valence-corrected chi connectivity index (χ2v) is 9.70. The average molecular weight is 439 g/mol. The number of sulfonamides is 1. The van der Waals surface area contributed by atoms with E-state index < -0.39 is 10.0 Å². The number of hydrogen-bond donors (Lipinski definition) is 1. The second kappa shape index (κ2) is 9.45. The highest BCUT2D eigenvalue weighted by Gasteiger charge is 2.31. The largest absolute Gasteiger partial charge is 0.352 e. The highest BCUT2D eigenvalue weighted by atomic mass is 32.2. The van der Waals surface area contributed by atoms with E-state index in [9.17, 15) is 13.2 Å². The first-order chi connectivity index (χ1) is 15.0. The number of piperidine rings is 1. The zero-order chi connectivity index (χ0) is 21.7. The molecular weight excluding hydrogens is 412 g/mol. The summed E-state index contributed by atoms with van der Waals surface area (Å²) in [6.45, 7) is 1.16. The van der Waals surface area contributed by atoms with Gasteiger partial charge in [0.2, 0.25) is 15.9 Å². The number of benzene rings is 2. The van der Waals surface area contributed by atoms with Crippen LogP contribution in [0.1, 0.15) is 24.0 Å². The van der Waals surface area contributed by atoms with Crippen LogP contribution in [0.5, 0.6) is 0 Å². The summed E-state index contributed by atoms with van der Waals surface area (Å²) in [6, 6.07) is 17.0. The standard InChI is InChI=1S/C23H26N4O3S/c28-23(25-16-21-8-4-5-9-22(21)26-15-12-24-18-26)20-10-13-27(14-11-20)31(29,30)17-19-6-2-1-3-7-19/h1-9,12,15,18,20H,10-11,13-14,16-17H2,(H,25,28). The summed E-state index contributed by atoms with van der Waals surface area (Å²) in [5.41, 5.74) is 2.75. The highest BCUT2D eigenvalue weighted by Crippen LogP contribution is 2.22. The minimum atomic E-state index is -3.38. The van der Waals surface area contributed by atoms with Crippen LogP contribution in [-0.2, 0) is 27.1 Å². The normalized spacial score (nSPS) is 15.6. The Kier molecular flexibility index (Phi) is 6.48. The molecule has 162 valence electrons. The van der Waals surface area contributed by atoms with E-state index in [-0.39, 0.29) is 17.6 Å². The van der Waals surface area contributed by atoms with Gasteiger partial charge in [-0.15, -0.1) is 0 Å². The molecule has 2 heterocycles. The van der Waals surface area contributed by atoms with Gasteiger partial charge in [0, 0.05) is 37.9 Å². The summed E-state index contributed by atoms with van der Waals surface area (Å²) in [5, 5.41) is 3.02.